The maximum absolute atomic E-state index is 12.6. The number of carbonyl (C=O) groups is 2. The Kier molecular flexibility index (Phi) is 5.73. The van der Waals surface area contributed by atoms with Crippen LogP contribution in [0.3, 0.4) is 0 Å². The van der Waals surface area contributed by atoms with Crippen LogP contribution in [-0.2, 0) is 0 Å². The van der Waals surface area contributed by atoms with Crippen molar-refractivity contribution in [2.45, 2.75) is 40.7 Å². The molecule has 1 aromatic heterocycles. The van der Waals surface area contributed by atoms with E-state index in [1.807, 2.05) is 32.0 Å². The Morgan fingerprint density at radius 2 is 1.75 bits per heavy atom. The summed E-state index contributed by atoms with van der Waals surface area (Å²) in [5, 5.41) is 2.09. The van der Waals surface area contributed by atoms with Crippen molar-refractivity contribution < 1.29 is 14.9 Å². The number of quaternary nitrogens is 1. The second kappa shape index (κ2) is 7.58. The minimum atomic E-state index is -0.00591. The molecule has 4 heteroatoms. The van der Waals surface area contributed by atoms with Crippen LogP contribution < -0.4 is 5.32 Å². The van der Waals surface area contributed by atoms with Crippen molar-refractivity contribution in [1.82, 2.24) is 4.98 Å². The summed E-state index contributed by atoms with van der Waals surface area (Å²) < 4.78 is 0. The zero-order valence-corrected chi connectivity index (χ0v) is 15.1. The number of aryl methyl sites for hydroxylation is 1. The summed E-state index contributed by atoms with van der Waals surface area (Å²) in [7, 11) is 0. The van der Waals surface area contributed by atoms with E-state index in [-0.39, 0.29) is 17.6 Å². The minimum Gasteiger partial charge on any atom is -0.355 e. The van der Waals surface area contributed by atoms with Crippen LogP contribution in [0.15, 0.2) is 30.3 Å². The maximum Gasteiger partial charge on any atom is 0.233 e. The highest BCUT2D eigenvalue weighted by Crippen LogP contribution is 2.19. The third kappa shape index (κ3) is 3.82. The van der Waals surface area contributed by atoms with Crippen molar-refractivity contribution in [2.24, 2.45) is 5.92 Å². The molecule has 0 fully saturated rings. The number of aromatic amines is 1. The third-order valence-corrected chi connectivity index (χ3v) is 4.53. The second-order valence-corrected chi connectivity index (χ2v) is 6.72. The van der Waals surface area contributed by atoms with Gasteiger partial charge in [0.1, 0.15) is 12.6 Å². The zero-order chi connectivity index (χ0) is 17.9. The molecular formula is C20H27N2O2+. The van der Waals surface area contributed by atoms with Gasteiger partial charge in [-0.1, -0.05) is 44.2 Å². The predicted molar refractivity (Wildman–Crippen MR) is 95.4 cm³/mol. The van der Waals surface area contributed by atoms with Gasteiger partial charge in [-0.15, -0.1) is 0 Å². The number of nitrogens with one attached hydrogen (secondary N) is 1. The summed E-state index contributed by atoms with van der Waals surface area (Å²) in [6, 6.07) is 10.5. The molecule has 0 aliphatic heterocycles. The molecule has 2 aromatic rings. The molecule has 0 radical (unpaired) electrons. The lowest BCUT2D eigenvalue weighted by molar-refractivity contribution is -0.691. The fraction of sp³-hybridized carbons (Fsp3) is 0.400. The molecule has 0 saturated carbocycles. The van der Waals surface area contributed by atoms with Crippen LogP contribution in [0, 0.1) is 19.8 Å². The molecule has 1 heterocycles. The Bertz CT molecular complexity index is 730. The lowest BCUT2D eigenvalue weighted by Crippen LogP contribution is -2.87. The fourth-order valence-electron chi connectivity index (χ4n) is 3.36. The number of benzene rings is 1. The lowest BCUT2D eigenvalue weighted by Gasteiger charge is -2.19. The van der Waals surface area contributed by atoms with E-state index in [9.17, 15) is 9.59 Å². The molecule has 3 N–H and O–H groups in total. The van der Waals surface area contributed by atoms with Crippen LogP contribution in [0.1, 0.15) is 64.5 Å². The van der Waals surface area contributed by atoms with Gasteiger partial charge >= 0.3 is 0 Å². The molecule has 1 aromatic carbocycles. The average molecular weight is 327 g/mol. The van der Waals surface area contributed by atoms with Crippen molar-refractivity contribution >= 4 is 11.6 Å². The van der Waals surface area contributed by atoms with E-state index < -0.39 is 0 Å². The molecule has 2 rings (SSSR count). The summed E-state index contributed by atoms with van der Waals surface area (Å²) in [6.07, 6.45) is 0. The summed E-state index contributed by atoms with van der Waals surface area (Å²) in [6.45, 7) is 9.90. The van der Waals surface area contributed by atoms with Gasteiger partial charge in [0.2, 0.25) is 5.78 Å². The van der Waals surface area contributed by atoms with Crippen molar-refractivity contribution in [3.05, 3.63) is 58.4 Å². The molecule has 128 valence electrons. The molecule has 0 bridgehead atoms. The monoisotopic (exact) mass is 327 g/mol. The number of hydrogen-bond donors (Lipinski definition) is 2. The standard InChI is InChI=1S/C20H26N2O2/c1-12(2)19(16-9-7-6-8-10-16)21-11-17(24)20-13(3)18(15(5)23)14(4)22-20/h6-10,12,19,21-22H,11H2,1-5H3/p+1/t19-/m0/s1. The van der Waals surface area contributed by atoms with Crippen LogP contribution in [0.5, 0.6) is 0 Å². The van der Waals surface area contributed by atoms with E-state index in [2.05, 4.69) is 36.3 Å². The van der Waals surface area contributed by atoms with Gasteiger partial charge in [-0.3, -0.25) is 9.59 Å². The first-order valence-electron chi connectivity index (χ1n) is 8.44. The van der Waals surface area contributed by atoms with E-state index in [1.54, 1.807) is 0 Å². The number of hydrogen-bond acceptors (Lipinski definition) is 2. The highest BCUT2D eigenvalue weighted by Gasteiger charge is 2.24. The predicted octanol–water partition coefficient (Wildman–Crippen LogP) is 2.98. The van der Waals surface area contributed by atoms with Crippen LogP contribution in [-0.4, -0.2) is 23.1 Å². The first-order chi connectivity index (χ1) is 11.3. The Morgan fingerprint density at radius 3 is 2.25 bits per heavy atom. The normalized spacial score (nSPS) is 12.4. The largest absolute Gasteiger partial charge is 0.355 e. The molecule has 0 unspecified atom stereocenters. The number of H-pyrrole nitrogens is 1. The maximum atomic E-state index is 12.6. The van der Waals surface area contributed by atoms with E-state index in [4.69, 9.17) is 0 Å². The van der Waals surface area contributed by atoms with Crippen LogP contribution in [0.4, 0.5) is 0 Å². The van der Waals surface area contributed by atoms with Gasteiger partial charge in [-0.05, 0) is 26.3 Å². The van der Waals surface area contributed by atoms with Gasteiger partial charge in [-0.2, -0.15) is 0 Å². The first-order valence-corrected chi connectivity index (χ1v) is 8.44. The Balaban J connectivity index is 2.15. The summed E-state index contributed by atoms with van der Waals surface area (Å²) in [5.41, 5.74) is 3.96. The molecule has 1 atom stereocenters. The van der Waals surface area contributed by atoms with Gasteiger partial charge in [0, 0.05) is 22.7 Å². The van der Waals surface area contributed by atoms with Gasteiger partial charge in [0.25, 0.3) is 0 Å². The number of nitrogens with two attached hydrogens (primary N) is 1. The first kappa shape index (κ1) is 18.1. The highest BCUT2D eigenvalue weighted by molar-refractivity contribution is 6.03. The van der Waals surface area contributed by atoms with Crippen LogP contribution >= 0.6 is 0 Å². The molecule has 24 heavy (non-hydrogen) atoms. The third-order valence-electron chi connectivity index (χ3n) is 4.53. The molecule has 0 amide bonds. The SMILES string of the molecule is CC(=O)c1c(C)[nH]c(C(=O)C[NH2+][C@H](c2ccccc2)C(C)C)c1C. The minimum absolute atomic E-state index is 0.00591. The van der Waals surface area contributed by atoms with Crippen molar-refractivity contribution in [3.8, 4) is 0 Å². The van der Waals surface area contributed by atoms with Crippen LogP contribution in [0.25, 0.3) is 0 Å². The molecule has 0 aliphatic rings. The Morgan fingerprint density at radius 1 is 1.12 bits per heavy atom. The van der Waals surface area contributed by atoms with Gasteiger partial charge in [-0.25, -0.2) is 0 Å². The Labute approximate surface area is 143 Å². The fourth-order valence-corrected chi connectivity index (χ4v) is 3.36. The number of Topliss-reactive ketones (excluding diaryl/α,β-unsaturated/α-hetero) is 2. The molecule has 0 saturated heterocycles. The topological polar surface area (TPSA) is 66.5 Å². The van der Waals surface area contributed by atoms with Gasteiger partial charge < -0.3 is 10.3 Å². The summed E-state index contributed by atoms with van der Waals surface area (Å²) in [4.78, 5) is 27.5. The van der Waals surface area contributed by atoms with E-state index in [0.717, 1.165) is 11.3 Å². The molecule has 0 spiro atoms. The Hall–Kier alpha value is -2.20. The summed E-state index contributed by atoms with van der Waals surface area (Å²) >= 11 is 0. The number of carbonyl (C=O) groups excluding carboxylic acids is 2. The van der Waals surface area contributed by atoms with Crippen LogP contribution in [0.2, 0.25) is 0 Å². The van der Waals surface area contributed by atoms with Crippen molar-refractivity contribution in [3.63, 3.8) is 0 Å². The van der Waals surface area contributed by atoms with E-state index in [0.29, 0.717) is 23.7 Å². The van der Waals surface area contributed by atoms with Crippen molar-refractivity contribution in [2.75, 3.05) is 6.54 Å². The summed E-state index contributed by atoms with van der Waals surface area (Å²) in [5.74, 6) is 0.442. The molecule has 4 nitrogen and oxygen atoms in total. The zero-order valence-electron chi connectivity index (χ0n) is 15.1. The smallest absolute Gasteiger partial charge is 0.233 e. The van der Waals surface area contributed by atoms with Gasteiger partial charge in [0.15, 0.2) is 5.78 Å². The highest BCUT2D eigenvalue weighted by atomic mass is 16.1. The average Bonchev–Trinajstić information content (AvgIpc) is 2.83. The van der Waals surface area contributed by atoms with Crippen molar-refractivity contribution in [1.29, 1.82) is 0 Å². The quantitative estimate of drug-likeness (QED) is 0.768. The number of aromatic nitrogens is 1. The lowest BCUT2D eigenvalue weighted by atomic mass is 9.96. The van der Waals surface area contributed by atoms with E-state index >= 15 is 0 Å². The molecule has 0 aliphatic carbocycles. The van der Waals surface area contributed by atoms with Gasteiger partial charge in [0.05, 0.1) is 5.69 Å². The molecular weight excluding hydrogens is 300 g/mol. The number of ketones is 2. The second-order valence-electron chi connectivity index (χ2n) is 6.72. The number of rotatable bonds is 7. The van der Waals surface area contributed by atoms with E-state index in [1.165, 1.54) is 12.5 Å².